The number of carbonyl (C=O) groups excluding carboxylic acids is 1. The van der Waals surface area contributed by atoms with Crippen molar-refractivity contribution in [3.8, 4) is 0 Å². The van der Waals surface area contributed by atoms with E-state index in [0.29, 0.717) is 24.8 Å². The second kappa shape index (κ2) is 10.3. The van der Waals surface area contributed by atoms with E-state index < -0.39 is 4.92 Å². The molecule has 0 unspecified atom stereocenters. The van der Waals surface area contributed by atoms with E-state index in [4.69, 9.17) is 14.5 Å². The third-order valence-corrected chi connectivity index (χ3v) is 9.00. The van der Waals surface area contributed by atoms with Crippen molar-refractivity contribution in [2.45, 2.75) is 37.5 Å². The number of nitro groups is 1. The van der Waals surface area contributed by atoms with Crippen molar-refractivity contribution in [2.75, 3.05) is 42.3 Å². The van der Waals surface area contributed by atoms with Crippen LogP contribution < -0.4 is 10.2 Å². The molecule has 13 heteroatoms. The Hall–Kier alpha value is -3.39. The number of rotatable bonds is 6. The quantitative estimate of drug-likeness (QED) is 0.153. The van der Waals surface area contributed by atoms with Gasteiger partial charge in [0, 0.05) is 36.5 Å². The molecule has 0 bridgehead atoms. The third kappa shape index (κ3) is 5.02. The molecule has 11 nitrogen and oxygen atoms in total. The summed E-state index contributed by atoms with van der Waals surface area (Å²) in [5, 5.41) is 15.6. The summed E-state index contributed by atoms with van der Waals surface area (Å²) in [6.07, 6.45) is 2.25. The molecule has 202 valence electrons. The fraction of sp³-hybridized carbons (Fsp3) is 0.385. The predicted molar refractivity (Wildman–Crippen MR) is 151 cm³/mol. The van der Waals surface area contributed by atoms with E-state index in [0.717, 1.165) is 51.3 Å². The molecule has 0 atom stereocenters. The van der Waals surface area contributed by atoms with E-state index in [9.17, 15) is 14.9 Å². The molecular formula is C26H26N6O5S2. The maximum atomic E-state index is 12.7. The van der Waals surface area contributed by atoms with Crippen LogP contribution in [0.2, 0.25) is 0 Å². The Kier molecular flexibility index (Phi) is 6.83. The van der Waals surface area contributed by atoms with Crippen LogP contribution in [0.1, 0.15) is 25.0 Å². The maximum absolute atomic E-state index is 12.7. The topological polar surface area (TPSA) is 133 Å². The molecule has 1 aromatic carbocycles. The van der Waals surface area contributed by atoms with Crippen LogP contribution in [0.3, 0.4) is 0 Å². The van der Waals surface area contributed by atoms with Crippen LogP contribution in [0.25, 0.3) is 20.4 Å². The molecule has 0 spiro atoms. The van der Waals surface area contributed by atoms with Crippen LogP contribution >= 0.6 is 23.1 Å². The highest BCUT2D eigenvalue weighted by Gasteiger charge is 2.33. The van der Waals surface area contributed by atoms with Gasteiger partial charge in [-0.3, -0.25) is 14.9 Å². The van der Waals surface area contributed by atoms with Crippen molar-refractivity contribution in [3.05, 3.63) is 51.8 Å². The SMILES string of the molecule is CC1(C)Cc2c(c(N3CCOCC3)nc3sc4c(SCC(=O)Nc5ccccc5[N+](=O)[O-])ncnc4c23)CO1. The van der Waals surface area contributed by atoms with E-state index in [1.165, 1.54) is 47.1 Å². The number of benzene rings is 1. The van der Waals surface area contributed by atoms with Gasteiger partial charge >= 0.3 is 0 Å². The van der Waals surface area contributed by atoms with Crippen LogP contribution in [0, 0.1) is 10.1 Å². The monoisotopic (exact) mass is 566 g/mol. The standard InChI is InChI=1S/C26H26N6O5S2/c1-26(2)11-15-16(12-37-26)23(31-7-9-36-10-8-31)30-24-20(15)21-22(39-24)25(28-14-27-21)38-13-19(33)29-17-5-3-4-6-18(17)32(34)35/h3-6,14H,7-13H2,1-2H3,(H,29,33). The van der Waals surface area contributed by atoms with Crippen molar-refractivity contribution >= 4 is 66.6 Å². The van der Waals surface area contributed by atoms with Crippen LogP contribution in [0.15, 0.2) is 35.6 Å². The minimum Gasteiger partial charge on any atom is -0.378 e. The van der Waals surface area contributed by atoms with E-state index in [2.05, 4.69) is 34.0 Å². The Labute approximate surface area is 232 Å². The lowest BCUT2D eigenvalue weighted by atomic mass is 9.90. The molecular weight excluding hydrogens is 540 g/mol. The van der Waals surface area contributed by atoms with Crippen molar-refractivity contribution < 1.29 is 19.2 Å². The van der Waals surface area contributed by atoms with Gasteiger partial charge in [-0.1, -0.05) is 23.9 Å². The fourth-order valence-corrected chi connectivity index (χ4v) is 7.00. The Morgan fingerprint density at radius 2 is 2.03 bits per heavy atom. The summed E-state index contributed by atoms with van der Waals surface area (Å²) in [5.41, 5.74) is 2.82. The second-order valence-electron chi connectivity index (χ2n) is 9.97. The molecule has 1 fully saturated rings. The zero-order chi connectivity index (χ0) is 27.1. The van der Waals surface area contributed by atoms with Crippen LogP contribution in [0.4, 0.5) is 17.2 Å². The van der Waals surface area contributed by atoms with Gasteiger partial charge in [-0.25, -0.2) is 15.0 Å². The number of morpholine rings is 1. The Balaban J connectivity index is 1.35. The molecule has 39 heavy (non-hydrogen) atoms. The largest absolute Gasteiger partial charge is 0.378 e. The zero-order valence-electron chi connectivity index (χ0n) is 21.4. The number of hydrogen-bond acceptors (Lipinski definition) is 11. The van der Waals surface area contributed by atoms with E-state index >= 15 is 0 Å². The van der Waals surface area contributed by atoms with Gasteiger partial charge in [0.2, 0.25) is 5.91 Å². The number of nitrogens with one attached hydrogen (secondary N) is 1. The van der Waals surface area contributed by atoms with Crippen LogP contribution in [-0.4, -0.2) is 63.4 Å². The molecule has 2 aliphatic rings. The summed E-state index contributed by atoms with van der Waals surface area (Å²) in [6.45, 7) is 7.53. The fourth-order valence-electron chi connectivity index (χ4n) is 4.97. The number of carbonyl (C=O) groups is 1. The van der Waals surface area contributed by atoms with Crippen LogP contribution in [-0.2, 0) is 27.3 Å². The van der Waals surface area contributed by atoms with Gasteiger partial charge in [-0.2, -0.15) is 0 Å². The van der Waals surface area contributed by atoms with E-state index in [1.807, 2.05) is 0 Å². The number of fused-ring (bicyclic) bond motifs is 5. The number of thioether (sulfide) groups is 1. The number of hydrogen-bond donors (Lipinski definition) is 1. The normalized spacial score (nSPS) is 16.8. The molecule has 3 aromatic heterocycles. The van der Waals surface area contributed by atoms with Gasteiger partial charge in [0.1, 0.15) is 27.7 Å². The third-order valence-electron chi connectivity index (χ3n) is 6.80. The lowest BCUT2D eigenvalue weighted by Gasteiger charge is -2.36. The highest BCUT2D eigenvalue weighted by molar-refractivity contribution is 8.00. The van der Waals surface area contributed by atoms with E-state index in [-0.39, 0.29) is 28.6 Å². The average molecular weight is 567 g/mol. The number of nitro benzene ring substituents is 1. The van der Waals surface area contributed by atoms with Crippen LogP contribution in [0.5, 0.6) is 0 Å². The molecule has 2 aliphatic heterocycles. The first-order valence-electron chi connectivity index (χ1n) is 12.5. The molecule has 1 amide bonds. The second-order valence-corrected chi connectivity index (χ2v) is 11.9. The highest BCUT2D eigenvalue weighted by atomic mass is 32.2. The maximum Gasteiger partial charge on any atom is 0.292 e. The minimum absolute atomic E-state index is 0.0395. The molecule has 0 aliphatic carbocycles. The van der Waals surface area contributed by atoms with Gasteiger partial charge < -0.3 is 19.7 Å². The first-order valence-corrected chi connectivity index (χ1v) is 14.3. The Bertz CT molecular complexity index is 1600. The summed E-state index contributed by atoms with van der Waals surface area (Å²) in [4.78, 5) is 40.9. The first kappa shape index (κ1) is 25.9. The Morgan fingerprint density at radius 3 is 2.82 bits per heavy atom. The van der Waals surface area contributed by atoms with Crippen molar-refractivity contribution in [1.82, 2.24) is 15.0 Å². The van der Waals surface area contributed by atoms with Gasteiger partial charge in [0.15, 0.2) is 0 Å². The number of aromatic nitrogens is 3. The molecule has 4 aromatic rings. The number of amides is 1. The summed E-state index contributed by atoms with van der Waals surface area (Å²) < 4.78 is 12.6. The number of ether oxygens (including phenoxy) is 2. The molecule has 0 saturated carbocycles. The molecule has 0 radical (unpaired) electrons. The first-order chi connectivity index (χ1) is 18.8. The molecule has 5 heterocycles. The number of para-hydroxylation sites is 2. The number of thiophene rings is 1. The minimum atomic E-state index is -0.515. The summed E-state index contributed by atoms with van der Waals surface area (Å²) in [5.74, 6) is 0.623. The van der Waals surface area contributed by atoms with Gasteiger partial charge in [0.05, 0.1) is 46.3 Å². The van der Waals surface area contributed by atoms with E-state index in [1.54, 1.807) is 12.1 Å². The molecule has 1 saturated heterocycles. The van der Waals surface area contributed by atoms with Crippen molar-refractivity contribution in [3.63, 3.8) is 0 Å². The Morgan fingerprint density at radius 1 is 1.23 bits per heavy atom. The van der Waals surface area contributed by atoms with Crippen molar-refractivity contribution in [1.29, 1.82) is 0 Å². The lowest BCUT2D eigenvalue weighted by Crippen LogP contribution is -2.39. The molecule has 1 N–H and O–H groups in total. The summed E-state index contributed by atoms with van der Waals surface area (Å²) in [7, 11) is 0. The average Bonchev–Trinajstić information content (AvgIpc) is 3.31. The van der Waals surface area contributed by atoms with Gasteiger partial charge in [-0.05, 0) is 25.5 Å². The summed E-state index contributed by atoms with van der Waals surface area (Å²) in [6, 6.07) is 6.08. The zero-order valence-corrected chi connectivity index (χ0v) is 23.1. The smallest absolute Gasteiger partial charge is 0.292 e. The lowest BCUT2D eigenvalue weighted by molar-refractivity contribution is -0.383. The summed E-state index contributed by atoms with van der Waals surface area (Å²) >= 11 is 2.80. The highest BCUT2D eigenvalue weighted by Crippen LogP contribution is 2.44. The predicted octanol–water partition coefficient (Wildman–Crippen LogP) is 4.57. The van der Waals surface area contributed by atoms with Gasteiger partial charge in [0.25, 0.3) is 5.69 Å². The number of pyridine rings is 1. The van der Waals surface area contributed by atoms with Crippen molar-refractivity contribution in [2.24, 2.45) is 0 Å². The number of nitrogens with zero attached hydrogens (tertiary/aromatic N) is 5. The number of anilines is 2. The molecule has 6 rings (SSSR count). The van der Waals surface area contributed by atoms with Gasteiger partial charge in [-0.15, -0.1) is 11.3 Å².